The molecule has 1 amide bonds. The molecule has 3 rings (SSSR count). The lowest BCUT2D eigenvalue weighted by Gasteiger charge is -2.23. The second-order valence-electron chi connectivity index (χ2n) is 5.83. The number of amides is 1. The van der Waals surface area contributed by atoms with Gasteiger partial charge in [-0.25, -0.2) is 9.67 Å². The summed E-state index contributed by atoms with van der Waals surface area (Å²) >= 11 is 0. The number of aromatic nitrogens is 5. The van der Waals surface area contributed by atoms with Crippen molar-refractivity contribution >= 4 is 5.91 Å². The molecule has 118 valence electrons. The molecular formula is C15H22N6O. The van der Waals surface area contributed by atoms with E-state index < -0.39 is 0 Å². The zero-order valence-electron chi connectivity index (χ0n) is 13.6. The van der Waals surface area contributed by atoms with Crippen LogP contribution in [0.25, 0.3) is 0 Å². The summed E-state index contributed by atoms with van der Waals surface area (Å²) in [7, 11) is 0. The Morgan fingerprint density at radius 2 is 2.09 bits per heavy atom. The molecule has 0 spiro atoms. The Morgan fingerprint density at radius 3 is 2.77 bits per heavy atom. The van der Waals surface area contributed by atoms with Crippen LogP contribution in [0.5, 0.6) is 0 Å². The number of carbonyl (C=O) groups is 1. The van der Waals surface area contributed by atoms with E-state index >= 15 is 0 Å². The summed E-state index contributed by atoms with van der Waals surface area (Å²) in [6.07, 6.45) is 1.74. The number of rotatable bonds is 3. The van der Waals surface area contributed by atoms with E-state index in [1.54, 1.807) is 0 Å². The summed E-state index contributed by atoms with van der Waals surface area (Å²) in [6.45, 7) is 9.19. The summed E-state index contributed by atoms with van der Waals surface area (Å²) in [4.78, 5) is 17.0. The molecule has 0 radical (unpaired) electrons. The third-order valence-electron chi connectivity index (χ3n) is 4.21. The van der Waals surface area contributed by atoms with Crippen LogP contribution in [0.1, 0.15) is 46.7 Å². The summed E-state index contributed by atoms with van der Waals surface area (Å²) < 4.78 is 3.77. The number of nitrogens with one attached hydrogen (secondary N) is 1. The third-order valence-corrected chi connectivity index (χ3v) is 4.21. The molecule has 7 heteroatoms. The Labute approximate surface area is 129 Å². The fraction of sp³-hybridized carbons (Fsp3) is 0.600. The van der Waals surface area contributed by atoms with Gasteiger partial charge in [0, 0.05) is 24.7 Å². The molecule has 22 heavy (non-hydrogen) atoms. The van der Waals surface area contributed by atoms with Crippen molar-refractivity contribution in [3.63, 3.8) is 0 Å². The molecule has 2 aromatic heterocycles. The van der Waals surface area contributed by atoms with E-state index in [4.69, 9.17) is 0 Å². The van der Waals surface area contributed by atoms with Gasteiger partial charge in [0.05, 0.1) is 17.8 Å². The molecule has 0 saturated heterocycles. The minimum Gasteiger partial charge on any atom is -0.347 e. The minimum atomic E-state index is -0.0417. The van der Waals surface area contributed by atoms with Crippen molar-refractivity contribution in [3.05, 3.63) is 28.6 Å². The Bertz CT molecular complexity index is 714. The molecule has 0 bridgehead atoms. The van der Waals surface area contributed by atoms with Gasteiger partial charge in [-0.1, -0.05) is 0 Å². The van der Waals surface area contributed by atoms with Crippen LogP contribution < -0.4 is 5.32 Å². The van der Waals surface area contributed by atoms with Crippen LogP contribution in [-0.4, -0.2) is 36.5 Å². The van der Waals surface area contributed by atoms with Crippen molar-refractivity contribution in [2.24, 2.45) is 0 Å². The molecule has 2 aromatic rings. The first-order chi connectivity index (χ1) is 10.5. The molecule has 7 nitrogen and oxygen atoms in total. The topological polar surface area (TPSA) is 77.6 Å². The third kappa shape index (κ3) is 2.51. The maximum Gasteiger partial charge on any atom is 0.255 e. The van der Waals surface area contributed by atoms with Crippen LogP contribution in [-0.2, 0) is 19.5 Å². The summed E-state index contributed by atoms with van der Waals surface area (Å²) in [5.74, 6) is 1.76. The van der Waals surface area contributed by atoms with Gasteiger partial charge in [-0.15, -0.1) is 0 Å². The predicted octanol–water partition coefficient (Wildman–Crippen LogP) is 1.16. The SMILES string of the molecule is CCn1nc(C)c(C(=O)NC2CCc3nc(C)nn3C2)c1C. The van der Waals surface area contributed by atoms with Crippen LogP contribution in [0.4, 0.5) is 0 Å². The smallest absolute Gasteiger partial charge is 0.255 e. The van der Waals surface area contributed by atoms with E-state index in [1.807, 2.05) is 37.1 Å². The Balaban J connectivity index is 1.74. The number of hydrogen-bond donors (Lipinski definition) is 1. The maximum atomic E-state index is 12.6. The van der Waals surface area contributed by atoms with E-state index in [0.29, 0.717) is 12.1 Å². The van der Waals surface area contributed by atoms with Crippen LogP contribution in [0.2, 0.25) is 0 Å². The van der Waals surface area contributed by atoms with E-state index in [-0.39, 0.29) is 11.9 Å². The van der Waals surface area contributed by atoms with Crippen molar-refractivity contribution in [2.75, 3.05) is 0 Å². The fourth-order valence-corrected chi connectivity index (χ4v) is 3.14. The quantitative estimate of drug-likeness (QED) is 0.923. The van der Waals surface area contributed by atoms with Gasteiger partial charge in [0.1, 0.15) is 11.6 Å². The van der Waals surface area contributed by atoms with Crippen LogP contribution in [0.15, 0.2) is 0 Å². The lowest BCUT2D eigenvalue weighted by molar-refractivity contribution is 0.0925. The van der Waals surface area contributed by atoms with Crippen LogP contribution in [0, 0.1) is 20.8 Å². The molecule has 1 atom stereocenters. The molecule has 0 aliphatic carbocycles. The van der Waals surface area contributed by atoms with E-state index in [1.165, 1.54) is 0 Å². The molecule has 0 aromatic carbocycles. The highest BCUT2D eigenvalue weighted by atomic mass is 16.1. The first-order valence-electron chi connectivity index (χ1n) is 7.74. The van der Waals surface area contributed by atoms with Crippen molar-refractivity contribution in [1.29, 1.82) is 0 Å². The Hall–Kier alpha value is -2.18. The first kappa shape index (κ1) is 14.7. The van der Waals surface area contributed by atoms with Gasteiger partial charge >= 0.3 is 0 Å². The second-order valence-corrected chi connectivity index (χ2v) is 5.83. The van der Waals surface area contributed by atoms with Gasteiger partial charge in [0.25, 0.3) is 5.91 Å². The lowest BCUT2D eigenvalue weighted by atomic mass is 10.1. The van der Waals surface area contributed by atoms with Gasteiger partial charge in [0.2, 0.25) is 0 Å². The summed E-state index contributed by atoms with van der Waals surface area (Å²) in [5.41, 5.74) is 2.40. The second kappa shape index (κ2) is 5.55. The van der Waals surface area contributed by atoms with E-state index in [2.05, 4.69) is 20.5 Å². The van der Waals surface area contributed by atoms with Crippen molar-refractivity contribution in [1.82, 2.24) is 29.9 Å². The van der Waals surface area contributed by atoms with Crippen molar-refractivity contribution in [3.8, 4) is 0 Å². The Morgan fingerprint density at radius 1 is 1.32 bits per heavy atom. The van der Waals surface area contributed by atoms with Gasteiger partial charge in [-0.05, 0) is 34.1 Å². The summed E-state index contributed by atoms with van der Waals surface area (Å²) in [5, 5.41) is 11.9. The molecule has 1 unspecified atom stereocenters. The van der Waals surface area contributed by atoms with Gasteiger partial charge in [-0.3, -0.25) is 9.48 Å². The van der Waals surface area contributed by atoms with E-state index in [0.717, 1.165) is 42.4 Å². The lowest BCUT2D eigenvalue weighted by Crippen LogP contribution is -2.41. The van der Waals surface area contributed by atoms with Crippen molar-refractivity contribution in [2.45, 2.75) is 59.7 Å². The number of fused-ring (bicyclic) bond motifs is 1. The number of nitrogens with zero attached hydrogens (tertiary/aromatic N) is 5. The van der Waals surface area contributed by atoms with Crippen LogP contribution in [0.3, 0.4) is 0 Å². The molecule has 3 heterocycles. The molecule has 0 fully saturated rings. The summed E-state index contributed by atoms with van der Waals surface area (Å²) in [6, 6.07) is 0.0878. The fourth-order valence-electron chi connectivity index (χ4n) is 3.14. The van der Waals surface area contributed by atoms with Crippen LogP contribution >= 0.6 is 0 Å². The highest BCUT2D eigenvalue weighted by molar-refractivity contribution is 5.96. The zero-order chi connectivity index (χ0) is 15.9. The zero-order valence-corrected chi connectivity index (χ0v) is 13.6. The maximum absolute atomic E-state index is 12.6. The molecule has 1 N–H and O–H groups in total. The molecular weight excluding hydrogens is 280 g/mol. The van der Waals surface area contributed by atoms with Gasteiger partial charge in [0.15, 0.2) is 0 Å². The first-order valence-corrected chi connectivity index (χ1v) is 7.74. The minimum absolute atomic E-state index is 0.0417. The number of hydrogen-bond acceptors (Lipinski definition) is 4. The van der Waals surface area contributed by atoms with Gasteiger partial charge in [-0.2, -0.15) is 10.2 Å². The molecule has 1 aliphatic heterocycles. The monoisotopic (exact) mass is 302 g/mol. The molecule has 0 saturated carbocycles. The standard InChI is InChI=1S/C15H22N6O/c1-5-20-10(3)14(9(2)18-20)15(22)17-12-6-7-13-16-11(4)19-21(13)8-12/h12H,5-8H2,1-4H3,(H,17,22). The molecule has 1 aliphatic rings. The Kier molecular flexibility index (Phi) is 3.72. The highest BCUT2D eigenvalue weighted by Crippen LogP contribution is 2.16. The predicted molar refractivity (Wildman–Crippen MR) is 81.7 cm³/mol. The average Bonchev–Trinajstić information content (AvgIpc) is 2.97. The van der Waals surface area contributed by atoms with Crippen molar-refractivity contribution < 1.29 is 4.79 Å². The average molecular weight is 302 g/mol. The largest absolute Gasteiger partial charge is 0.347 e. The highest BCUT2D eigenvalue weighted by Gasteiger charge is 2.25. The van der Waals surface area contributed by atoms with Gasteiger partial charge < -0.3 is 5.32 Å². The normalized spacial score (nSPS) is 17.4. The number of carbonyl (C=O) groups excluding carboxylic acids is 1. The number of aryl methyl sites for hydroxylation is 4. The van der Waals surface area contributed by atoms with E-state index in [9.17, 15) is 4.79 Å².